The first kappa shape index (κ1) is 9.37. The van der Waals surface area contributed by atoms with Crippen LogP contribution in [0.2, 0.25) is 0 Å². The smallest absolute Gasteiger partial charge is 0.0664 e. The maximum Gasteiger partial charge on any atom is 0.0664 e. The summed E-state index contributed by atoms with van der Waals surface area (Å²) in [5, 5.41) is 0. The van der Waals surface area contributed by atoms with Gasteiger partial charge in [-0.1, -0.05) is 13.8 Å². The molecule has 0 fully saturated rings. The van der Waals surface area contributed by atoms with Crippen molar-refractivity contribution in [3.63, 3.8) is 0 Å². The molecule has 0 saturated heterocycles. The third kappa shape index (κ3) is 1.90. The van der Waals surface area contributed by atoms with Gasteiger partial charge < -0.3 is 0 Å². The highest BCUT2D eigenvalue weighted by molar-refractivity contribution is 7.84. The van der Waals surface area contributed by atoms with Crippen LogP contribution in [-0.2, 0) is 0 Å². The van der Waals surface area contributed by atoms with Crippen LogP contribution in [0, 0.1) is 5.92 Å². The van der Waals surface area contributed by atoms with Crippen molar-refractivity contribution in [2.75, 3.05) is 0 Å². The van der Waals surface area contributed by atoms with E-state index in [1.165, 1.54) is 0 Å². The van der Waals surface area contributed by atoms with E-state index in [2.05, 4.69) is 37.3 Å². The summed E-state index contributed by atoms with van der Waals surface area (Å²) >= 11 is 4.42. The van der Waals surface area contributed by atoms with Gasteiger partial charge in [0, 0.05) is 11.0 Å². The van der Waals surface area contributed by atoms with Crippen molar-refractivity contribution >= 4 is 18.5 Å². The summed E-state index contributed by atoms with van der Waals surface area (Å²) < 4.78 is 0. The molecule has 0 unspecified atom stereocenters. The minimum atomic E-state index is 0.403. The zero-order chi connectivity index (χ0) is 9.14. The van der Waals surface area contributed by atoms with Gasteiger partial charge in [0.15, 0.2) is 0 Å². The molecule has 1 nitrogen and oxygen atoms in total. The molecular weight excluding hydrogens is 166 g/mol. The molecule has 12 heavy (non-hydrogen) atoms. The molecule has 0 aromatic rings. The Hall–Kier alpha value is -0.720. The van der Waals surface area contributed by atoms with Gasteiger partial charge in [-0.15, -0.1) is 12.6 Å². The number of nitrogens with zero attached hydrogens (tertiary/aromatic N) is 1. The minimum Gasteiger partial charge on any atom is -0.209 e. The number of rotatable bonds is 1. The fraction of sp³-hybridized carbons (Fsp3) is 0.400. The van der Waals surface area contributed by atoms with E-state index < -0.39 is 0 Å². The van der Waals surface area contributed by atoms with Gasteiger partial charge in [-0.25, -0.2) is 4.99 Å². The molecule has 0 bridgehead atoms. The average Bonchev–Trinajstić information content (AvgIpc) is 2.15. The second kappa shape index (κ2) is 3.79. The van der Waals surface area contributed by atoms with Crippen LogP contribution in [0.3, 0.4) is 0 Å². The van der Waals surface area contributed by atoms with Crippen molar-refractivity contribution in [3.05, 3.63) is 28.3 Å². The number of hydrogen-bond donors (Lipinski definition) is 1. The van der Waals surface area contributed by atoms with Gasteiger partial charge in [0.1, 0.15) is 0 Å². The number of aliphatic imine (C=N–C) groups is 1. The topological polar surface area (TPSA) is 12.4 Å². The van der Waals surface area contributed by atoms with Gasteiger partial charge in [0.05, 0.1) is 5.70 Å². The summed E-state index contributed by atoms with van der Waals surface area (Å²) in [6.07, 6.45) is 3.79. The normalized spacial score (nSPS) is 16.9. The molecule has 0 N–H and O–H groups in total. The molecule has 0 aromatic heterocycles. The molecule has 64 valence electrons. The number of allylic oxidation sites excluding steroid dienone is 4. The summed E-state index contributed by atoms with van der Waals surface area (Å²) in [5.41, 5.74) is 2.16. The van der Waals surface area contributed by atoms with Crippen LogP contribution >= 0.6 is 12.6 Å². The van der Waals surface area contributed by atoms with Crippen molar-refractivity contribution in [1.82, 2.24) is 0 Å². The quantitative estimate of drug-likeness (QED) is 0.594. The molecule has 0 amide bonds. The van der Waals surface area contributed by atoms with Crippen LogP contribution < -0.4 is 0 Å². The van der Waals surface area contributed by atoms with Crippen LogP contribution in [0.4, 0.5) is 0 Å². The molecule has 1 aliphatic heterocycles. The second-order valence-corrected chi connectivity index (χ2v) is 3.59. The van der Waals surface area contributed by atoms with Crippen molar-refractivity contribution < 1.29 is 0 Å². The van der Waals surface area contributed by atoms with Crippen molar-refractivity contribution in [2.45, 2.75) is 20.8 Å². The summed E-state index contributed by atoms with van der Waals surface area (Å²) in [4.78, 5) is 5.18. The molecule has 0 saturated carbocycles. The first-order chi connectivity index (χ1) is 5.63. The third-order valence-electron chi connectivity index (χ3n) is 1.76. The van der Waals surface area contributed by atoms with Crippen LogP contribution in [0.5, 0.6) is 0 Å². The lowest BCUT2D eigenvalue weighted by Gasteiger charge is -2.08. The molecule has 0 atom stereocenters. The highest BCUT2D eigenvalue weighted by atomic mass is 32.1. The molecule has 0 aromatic carbocycles. The SMILES string of the molecule is CC1=CC=C=NC(C(C)C)=C1S. The standard InChI is InChI=1S/C10H13NS/c1-7(2)9-10(12)8(3)5-4-6-11-9/h4-5,7,12H,1-3H3. The van der Waals surface area contributed by atoms with E-state index in [9.17, 15) is 0 Å². The zero-order valence-electron chi connectivity index (χ0n) is 7.63. The van der Waals surface area contributed by atoms with E-state index in [1.807, 2.05) is 19.1 Å². The van der Waals surface area contributed by atoms with Gasteiger partial charge in [0.2, 0.25) is 0 Å². The highest BCUT2D eigenvalue weighted by Gasteiger charge is 2.08. The monoisotopic (exact) mass is 179 g/mol. The van der Waals surface area contributed by atoms with Gasteiger partial charge in [-0.05, 0) is 30.4 Å². The Morgan fingerprint density at radius 3 is 2.75 bits per heavy atom. The van der Waals surface area contributed by atoms with Crippen LogP contribution in [-0.4, -0.2) is 5.87 Å². The Morgan fingerprint density at radius 1 is 1.50 bits per heavy atom. The van der Waals surface area contributed by atoms with Crippen molar-refractivity contribution in [3.8, 4) is 0 Å². The van der Waals surface area contributed by atoms with Gasteiger partial charge >= 0.3 is 0 Å². The molecule has 0 radical (unpaired) electrons. The summed E-state index contributed by atoms with van der Waals surface area (Å²) in [6, 6.07) is 0. The lowest BCUT2D eigenvalue weighted by Crippen LogP contribution is -1.93. The predicted octanol–water partition coefficient (Wildman–Crippen LogP) is 2.97. The minimum absolute atomic E-state index is 0.403. The molecular formula is C10H13NS. The van der Waals surface area contributed by atoms with Gasteiger partial charge in [0.25, 0.3) is 0 Å². The fourth-order valence-electron chi connectivity index (χ4n) is 1.01. The molecule has 1 heterocycles. The van der Waals surface area contributed by atoms with Crippen LogP contribution in [0.25, 0.3) is 0 Å². The van der Waals surface area contributed by atoms with E-state index in [0.717, 1.165) is 16.2 Å². The van der Waals surface area contributed by atoms with Gasteiger partial charge in [-0.2, -0.15) is 0 Å². The van der Waals surface area contributed by atoms with Crippen LogP contribution in [0.15, 0.2) is 33.3 Å². The zero-order valence-corrected chi connectivity index (χ0v) is 8.52. The largest absolute Gasteiger partial charge is 0.209 e. The Morgan fingerprint density at radius 2 is 2.17 bits per heavy atom. The van der Waals surface area contributed by atoms with Gasteiger partial charge in [-0.3, -0.25) is 0 Å². The first-order valence-corrected chi connectivity index (χ1v) is 4.47. The predicted molar refractivity (Wildman–Crippen MR) is 56.6 cm³/mol. The maximum atomic E-state index is 4.42. The third-order valence-corrected chi connectivity index (χ3v) is 2.34. The maximum absolute atomic E-state index is 4.42. The molecule has 0 spiro atoms. The number of thiol groups is 1. The molecule has 2 heteroatoms. The highest BCUT2D eigenvalue weighted by Crippen LogP contribution is 2.25. The van der Waals surface area contributed by atoms with E-state index in [4.69, 9.17) is 0 Å². The number of hydrogen-bond acceptors (Lipinski definition) is 2. The van der Waals surface area contributed by atoms with E-state index in [-0.39, 0.29) is 0 Å². The van der Waals surface area contributed by atoms with Crippen molar-refractivity contribution in [2.24, 2.45) is 10.9 Å². The Balaban J connectivity index is 3.17. The lowest BCUT2D eigenvalue weighted by molar-refractivity contribution is 0.757. The Bertz CT molecular complexity index is 302. The molecule has 1 aliphatic rings. The molecule has 1 rings (SSSR count). The summed E-state index contributed by atoms with van der Waals surface area (Å²) in [6.45, 7) is 6.24. The summed E-state index contributed by atoms with van der Waals surface area (Å²) in [5.74, 6) is 3.26. The van der Waals surface area contributed by atoms with E-state index in [1.54, 1.807) is 0 Å². The first-order valence-electron chi connectivity index (χ1n) is 4.02. The van der Waals surface area contributed by atoms with Crippen molar-refractivity contribution in [1.29, 1.82) is 0 Å². The van der Waals surface area contributed by atoms with Crippen LogP contribution in [0.1, 0.15) is 20.8 Å². The average molecular weight is 179 g/mol. The summed E-state index contributed by atoms with van der Waals surface area (Å²) in [7, 11) is 0. The van der Waals surface area contributed by atoms with E-state index >= 15 is 0 Å². The lowest BCUT2D eigenvalue weighted by atomic mass is 10.1. The van der Waals surface area contributed by atoms with E-state index in [0.29, 0.717) is 5.92 Å². The molecule has 0 aliphatic carbocycles. The second-order valence-electron chi connectivity index (χ2n) is 3.15. The fourth-order valence-corrected chi connectivity index (χ4v) is 1.39. The Kier molecular flexibility index (Phi) is 2.96. The Labute approximate surface area is 79.0 Å².